The van der Waals surface area contributed by atoms with Crippen molar-refractivity contribution >= 4 is 6.29 Å². The summed E-state index contributed by atoms with van der Waals surface area (Å²) in [5, 5.41) is 7.00. The number of rotatable bonds is 2. The Morgan fingerprint density at radius 1 is 1.13 bits per heavy atom. The molecule has 3 nitrogen and oxygen atoms in total. The van der Waals surface area contributed by atoms with Gasteiger partial charge in [-0.15, -0.1) is 0 Å². The Bertz CT molecular complexity index is 91.6. The smallest absolute Gasteiger partial charge is 0.120 e. The van der Waals surface area contributed by atoms with Crippen molar-refractivity contribution in [2.75, 3.05) is 14.2 Å². The fraction of sp³-hybridized carbons (Fsp3) is 0.917. The highest BCUT2D eigenvalue weighted by Crippen LogP contribution is 2.24. The van der Waals surface area contributed by atoms with Gasteiger partial charge in [-0.2, -0.15) is 0 Å². The topological polar surface area (TPSA) is 63.3 Å². The van der Waals surface area contributed by atoms with Crippen LogP contribution in [0.15, 0.2) is 0 Å². The average molecular weight is 219 g/mol. The fourth-order valence-corrected chi connectivity index (χ4v) is 1.56. The molecule has 1 aliphatic carbocycles. The molecular weight excluding hydrogens is 190 g/mol. The van der Waals surface area contributed by atoms with E-state index in [1.54, 1.807) is 0 Å². The SMILES string of the molecule is CC.CN.CO.O=CCC1CCCCC1. The molecule has 0 aliphatic heterocycles. The number of aliphatic hydroxyl groups is 1. The van der Waals surface area contributed by atoms with Crippen molar-refractivity contribution in [3.8, 4) is 0 Å². The third-order valence-electron chi connectivity index (χ3n) is 2.15. The van der Waals surface area contributed by atoms with Crippen molar-refractivity contribution in [2.24, 2.45) is 11.7 Å². The Morgan fingerprint density at radius 2 is 1.53 bits per heavy atom. The van der Waals surface area contributed by atoms with Gasteiger partial charge in [0.15, 0.2) is 0 Å². The molecular formula is C12H29NO2. The molecule has 3 N–H and O–H groups in total. The van der Waals surface area contributed by atoms with Gasteiger partial charge < -0.3 is 15.6 Å². The number of nitrogens with two attached hydrogens (primary N) is 1. The zero-order chi connectivity index (χ0) is 12.5. The van der Waals surface area contributed by atoms with Crippen molar-refractivity contribution in [1.82, 2.24) is 0 Å². The Hall–Kier alpha value is -0.410. The number of aldehydes is 1. The molecule has 3 heteroatoms. The summed E-state index contributed by atoms with van der Waals surface area (Å²) in [5.41, 5.74) is 4.50. The minimum Gasteiger partial charge on any atom is -0.400 e. The van der Waals surface area contributed by atoms with Gasteiger partial charge in [0.25, 0.3) is 0 Å². The van der Waals surface area contributed by atoms with E-state index < -0.39 is 0 Å². The lowest BCUT2D eigenvalue weighted by atomic mass is 9.87. The van der Waals surface area contributed by atoms with Crippen LogP contribution in [0.25, 0.3) is 0 Å². The normalized spacial score (nSPS) is 14.3. The van der Waals surface area contributed by atoms with Gasteiger partial charge in [-0.3, -0.25) is 0 Å². The molecule has 0 heterocycles. The molecule has 1 aliphatic rings. The van der Waals surface area contributed by atoms with Crippen LogP contribution in [-0.2, 0) is 4.79 Å². The molecule has 0 bridgehead atoms. The number of hydrogen-bond acceptors (Lipinski definition) is 3. The Labute approximate surface area is 95.1 Å². The van der Waals surface area contributed by atoms with E-state index in [1.807, 2.05) is 13.8 Å². The Morgan fingerprint density at radius 3 is 1.87 bits per heavy atom. The van der Waals surface area contributed by atoms with Gasteiger partial charge in [-0.1, -0.05) is 46.0 Å². The average Bonchev–Trinajstić information content (AvgIpc) is 2.38. The van der Waals surface area contributed by atoms with Gasteiger partial charge in [-0.05, 0) is 13.0 Å². The second kappa shape index (κ2) is 23.4. The van der Waals surface area contributed by atoms with Gasteiger partial charge >= 0.3 is 0 Å². The van der Waals surface area contributed by atoms with Crippen molar-refractivity contribution in [1.29, 1.82) is 0 Å². The van der Waals surface area contributed by atoms with Crippen molar-refractivity contribution in [3.63, 3.8) is 0 Å². The Kier molecular flexibility index (Phi) is 31.3. The molecule has 0 amide bonds. The second-order valence-corrected chi connectivity index (χ2v) is 2.91. The maximum atomic E-state index is 10.1. The van der Waals surface area contributed by atoms with Crippen molar-refractivity contribution in [2.45, 2.75) is 52.4 Å². The summed E-state index contributed by atoms with van der Waals surface area (Å²) < 4.78 is 0. The largest absolute Gasteiger partial charge is 0.400 e. The summed E-state index contributed by atoms with van der Waals surface area (Å²) >= 11 is 0. The summed E-state index contributed by atoms with van der Waals surface area (Å²) in [4.78, 5) is 10.1. The van der Waals surface area contributed by atoms with Gasteiger partial charge in [0.05, 0.1) is 0 Å². The van der Waals surface area contributed by atoms with E-state index >= 15 is 0 Å². The molecule has 0 radical (unpaired) electrons. The minimum absolute atomic E-state index is 0.733. The molecule has 0 aromatic carbocycles. The van der Waals surface area contributed by atoms with Crippen LogP contribution in [0.2, 0.25) is 0 Å². The first-order valence-corrected chi connectivity index (χ1v) is 5.89. The summed E-state index contributed by atoms with van der Waals surface area (Å²) in [6.45, 7) is 4.00. The zero-order valence-corrected chi connectivity index (χ0v) is 10.8. The molecule has 0 aromatic heterocycles. The molecule has 94 valence electrons. The molecule has 0 aromatic rings. The molecule has 1 fully saturated rings. The maximum Gasteiger partial charge on any atom is 0.120 e. The van der Waals surface area contributed by atoms with Crippen molar-refractivity contribution < 1.29 is 9.90 Å². The molecule has 1 rings (SSSR count). The predicted molar refractivity (Wildman–Crippen MR) is 66.9 cm³/mol. The van der Waals surface area contributed by atoms with Gasteiger partial charge in [-0.25, -0.2) is 0 Å². The number of hydrogen-bond donors (Lipinski definition) is 2. The van der Waals surface area contributed by atoms with Crippen LogP contribution in [0.5, 0.6) is 0 Å². The van der Waals surface area contributed by atoms with Crippen LogP contribution < -0.4 is 5.73 Å². The highest BCUT2D eigenvalue weighted by molar-refractivity contribution is 5.49. The van der Waals surface area contributed by atoms with E-state index in [0.29, 0.717) is 0 Å². The first kappa shape index (κ1) is 20.1. The van der Waals surface area contributed by atoms with Crippen LogP contribution in [0, 0.1) is 5.92 Å². The molecule has 1 saturated carbocycles. The van der Waals surface area contributed by atoms with Crippen LogP contribution >= 0.6 is 0 Å². The molecule has 0 saturated heterocycles. The van der Waals surface area contributed by atoms with E-state index in [2.05, 4.69) is 5.73 Å². The fourth-order valence-electron chi connectivity index (χ4n) is 1.56. The highest BCUT2D eigenvalue weighted by atomic mass is 16.2. The molecule has 0 spiro atoms. The zero-order valence-electron chi connectivity index (χ0n) is 10.8. The summed E-state index contributed by atoms with van der Waals surface area (Å²) in [5.74, 6) is 0.733. The van der Waals surface area contributed by atoms with Crippen LogP contribution in [-0.4, -0.2) is 25.6 Å². The molecule has 0 atom stereocenters. The van der Waals surface area contributed by atoms with E-state index in [9.17, 15) is 4.79 Å². The standard InChI is InChI=1S/C8H14O.C2H6.CH5N.CH4O/c9-7-6-8-4-2-1-3-5-8;3*1-2/h7-8H,1-6H2;1-2H3;2H2,1H3;2H,1H3. The van der Waals surface area contributed by atoms with E-state index in [4.69, 9.17) is 5.11 Å². The second-order valence-electron chi connectivity index (χ2n) is 2.91. The monoisotopic (exact) mass is 219 g/mol. The van der Waals surface area contributed by atoms with Crippen LogP contribution in [0.3, 0.4) is 0 Å². The van der Waals surface area contributed by atoms with Crippen molar-refractivity contribution in [3.05, 3.63) is 0 Å². The number of carbonyl (C=O) groups excluding carboxylic acids is 1. The third-order valence-corrected chi connectivity index (χ3v) is 2.15. The lowest BCUT2D eigenvalue weighted by molar-refractivity contribution is -0.108. The Balaban J connectivity index is -0.000000208. The quantitative estimate of drug-likeness (QED) is 0.701. The minimum atomic E-state index is 0.733. The van der Waals surface area contributed by atoms with Crippen LogP contribution in [0.1, 0.15) is 52.4 Å². The summed E-state index contributed by atoms with van der Waals surface area (Å²) in [6.07, 6.45) is 8.53. The summed E-state index contributed by atoms with van der Waals surface area (Å²) in [7, 11) is 2.50. The first-order chi connectivity index (χ1) is 7.43. The number of aliphatic hydroxyl groups excluding tert-OH is 1. The number of carbonyl (C=O) groups is 1. The van der Waals surface area contributed by atoms with E-state index in [0.717, 1.165) is 25.7 Å². The lowest BCUT2D eigenvalue weighted by Crippen LogP contribution is -2.05. The van der Waals surface area contributed by atoms with Gasteiger partial charge in [0.2, 0.25) is 0 Å². The van der Waals surface area contributed by atoms with Gasteiger partial charge in [0, 0.05) is 13.5 Å². The predicted octanol–water partition coefficient (Wildman–Crippen LogP) is 2.37. The lowest BCUT2D eigenvalue weighted by Gasteiger charge is -2.18. The van der Waals surface area contributed by atoms with E-state index in [1.165, 1.54) is 39.2 Å². The molecule has 15 heavy (non-hydrogen) atoms. The van der Waals surface area contributed by atoms with Crippen LogP contribution in [0.4, 0.5) is 0 Å². The van der Waals surface area contributed by atoms with Gasteiger partial charge in [0.1, 0.15) is 6.29 Å². The first-order valence-electron chi connectivity index (χ1n) is 5.89. The molecule has 0 unspecified atom stereocenters. The third kappa shape index (κ3) is 16.3. The maximum absolute atomic E-state index is 10.1. The van der Waals surface area contributed by atoms with E-state index in [-0.39, 0.29) is 0 Å². The summed E-state index contributed by atoms with van der Waals surface area (Å²) in [6, 6.07) is 0. The highest BCUT2D eigenvalue weighted by Gasteiger charge is 2.11.